The molecule has 1 saturated heterocycles. The number of nitrogens with zero attached hydrogens (tertiary/aromatic N) is 1. The first-order valence-corrected chi connectivity index (χ1v) is 5.54. The van der Waals surface area contributed by atoms with E-state index in [0.717, 1.165) is 11.8 Å². The highest BCUT2D eigenvalue weighted by Crippen LogP contribution is 2.31. The Morgan fingerprint density at radius 3 is 2.62 bits per heavy atom. The normalized spacial score (nSPS) is 36.5. The van der Waals surface area contributed by atoms with E-state index in [0.29, 0.717) is 6.10 Å². The zero-order valence-corrected chi connectivity index (χ0v) is 8.83. The molecule has 0 aromatic heterocycles. The second-order valence-electron chi connectivity index (χ2n) is 4.74. The summed E-state index contributed by atoms with van der Waals surface area (Å²) in [4.78, 5) is 2.62. The van der Waals surface area contributed by atoms with Crippen molar-refractivity contribution in [2.24, 2.45) is 11.8 Å². The van der Waals surface area contributed by atoms with Crippen molar-refractivity contribution in [1.82, 2.24) is 4.90 Å². The summed E-state index contributed by atoms with van der Waals surface area (Å²) in [6.07, 6.45) is 4.68. The summed E-state index contributed by atoms with van der Waals surface area (Å²) in [5, 5.41) is 0. The topological polar surface area (TPSA) is 12.5 Å². The van der Waals surface area contributed by atoms with Crippen LogP contribution in [-0.4, -0.2) is 37.7 Å². The largest absolute Gasteiger partial charge is 0.381 e. The van der Waals surface area contributed by atoms with Crippen molar-refractivity contribution < 1.29 is 4.74 Å². The summed E-state index contributed by atoms with van der Waals surface area (Å²) in [5.41, 5.74) is 0. The lowest BCUT2D eigenvalue weighted by atomic mass is 9.96. The van der Waals surface area contributed by atoms with Gasteiger partial charge in [-0.1, -0.05) is 6.92 Å². The van der Waals surface area contributed by atoms with Crippen LogP contribution in [0.1, 0.15) is 26.2 Å². The molecule has 0 N–H and O–H groups in total. The molecule has 2 rings (SSSR count). The van der Waals surface area contributed by atoms with E-state index < -0.39 is 0 Å². The predicted octanol–water partition coefficient (Wildman–Crippen LogP) is 1.75. The summed E-state index contributed by atoms with van der Waals surface area (Å²) >= 11 is 0. The number of ether oxygens (including phenoxy) is 1. The molecule has 2 atom stereocenters. The van der Waals surface area contributed by atoms with Gasteiger partial charge in [0.2, 0.25) is 0 Å². The van der Waals surface area contributed by atoms with Gasteiger partial charge in [0.1, 0.15) is 0 Å². The van der Waals surface area contributed by atoms with Crippen molar-refractivity contribution in [1.29, 1.82) is 0 Å². The molecule has 0 bridgehead atoms. The average Bonchev–Trinajstić information content (AvgIpc) is 2.89. The van der Waals surface area contributed by atoms with Crippen molar-refractivity contribution in [3.63, 3.8) is 0 Å². The van der Waals surface area contributed by atoms with E-state index in [1.165, 1.54) is 38.9 Å². The van der Waals surface area contributed by atoms with Crippen LogP contribution in [0.3, 0.4) is 0 Å². The molecular formula is C11H21NO. The first kappa shape index (κ1) is 9.47. The second kappa shape index (κ2) is 3.97. The SMILES string of the molecule is CO[C@H]1CCN(CC2CC2)CC1C. The molecule has 1 heterocycles. The van der Waals surface area contributed by atoms with Gasteiger partial charge in [-0.15, -0.1) is 0 Å². The van der Waals surface area contributed by atoms with Gasteiger partial charge in [-0.25, -0.2) is 0 Å². The smallest absolute Gasteiger partial charge is 0.0621 e. The molecule has 0 aromatic rings. The maximum absolute atomic E-state index is 5.45. The molecule has 0 radical (unpaired) electrons. The molecular weight excluding hydrogens is 162 g/mol. The Bertz CT molecular complexity index is 167. The number of piperidine rings is 1. The first-order chi connectivity index (χ1) is 6.29. The molecule has 2 aliphatic rings. The van der Waals surface area contributed by atoms with Crippen molar-refractivity contribution in [3.8, 4) is 0 Å². The van der Waals surface area contributed by atoms with E-state index in [9.17, 15) is 0 Å². The Morgan fingerprint density at radius 1 is 1.31 bits per heavy atom. The monoisotopic (exact) mass is 183 g/mol. The predicted molar refractivity (Wildman–Crippen MR) is 53.7 cm³/mol. The fourth-order valence-corrected chi connectivity index (χ4v) is 2.39. The molecule has 1 aliphatic carbocycles. The third-order valence-electron chi connectivity index (χ3n) is 3.43. The molecule has 13 heavy (non-hydrogen) atoms. The van der Waals surface area contributed by atoms with Crippen LogP contribution in [0.15, 0.2) is 0 Å². The Labute approximate surface area is 81.3 Å². The van der Waals surface area contributed by atoms with Crippen LogP contribution in [0.2, 0.25) is 0 Å². The number of hydrogen-bond acceptors (Lipinski definition) is 2. The molecule has 1 aliphatic heterocycles. The summed E-state index contributed by atoms with van der Waals surface area (Å²) in [6, 6.07) is 0. The minimum atomic E-state index is 0.510. The number of likely N-dealkylation sites (tertiary alicyclic amines) is 1. The number of hydrogen-bond donors (Lipinski definition) is 0. The molecule has 2 fully saturated rings. The summed E-state index contributed by atoms with van der Waals surface area (Å²) in [5.74, 6) is 1.75. The zero-order chi connectivity index (χ0) is 9.26. The lowest BCUT2D eigenvalue weighted by Gasteiger charge is -2.36. The molecule has 1 unspecified atom stereocenters. The Kier molecular flexibility index (Phi) is 2.89. The summed E-state index contributed by atoms with van der Waals surface area (Å²) in [6.45, 7) is 6.16. The first-order valence-electron chi connectivity index (χ1n) is 5.54. The van der Waals surface area contributed by atoms with Crippen molar-refractivity contribution in [3.05, 3.63) is 0 Å². The Balaban J connectivity index is 1.76. The van der Waals surface area contributed by atoms with Crippen LogP contribution in [0.25, 0.3) is 0 Å². The molecule has 2 heteroatoms. The van der Waals surface area contributed by atoms with Crippen LogP contribution in [0.4, 0.5) is 0 Å². The van der Waals surface area contributed by atoms with E-state index in [4.69, 9.17) is 4.74 Å². The van der Waals surface area contributed by atoms with Crippen molar-refractivity contribution >= 4 is 0 Å². The maximum atomic E-state index is 5.45. The molecule has 1 saturated carbocycles. The number of methoxy groups -OCH3 is 1. The third kappa shape index (κ3) is 2.44. The van der Waals surface area contributed by atoms with Gasteiger partial charge in [0, 0.05) is 26.7 Å². The lowest BCUT2D eigenvalue weighted by Crippen LogP contribution is -2.43. The highest BCUT2D eigenvalue weighted by atomic mass is 16.5. The summed E-state index contributed by atoms with van der Waals surface area (Å²) in [7, 11) is 1.84. The van der Waals surface area contributed by atoms with E-state index in [1.807, 2.05) is 7.11 Å². The van der Waals surface area contributed by atoms with Crippen LogP contribution < -0.4 is 0 Å². The zero-order valence-electron chi connectivity index (χ0n) is 8.83. The van der Waals surface area contributed by atoms with Crippen LogP contribution in [0, 0.1) is 11.8 Å². The van der Waals surface area contributed by atoms with Gasteiger partial charge in [0.05, 0.1) is 6.10 Å². The molecule has 76 valence electrons. The van der Waals surface area contributed by atoms with Crippen LogP contribution in [-0.2, 0) is 4.74 Å². The molecule has 0 spiro atoms. The summed E-state index contributed by atoms with van der Waals surface area (Å²) < 4.78 is 5.45. The van der Waals surface area contributed by atoms with E-state index >= 15 is 0 Å². The molecule has 0 amide bonds. The lowest BCUT2D eigenvalue weighted by molar-refractivity contribution is -0.000549. The van der Waals surface area contributed by atoms with Gasteiger partial charge in [0.25, 0.3) is 0 Å². The van der Waals surface area contributed by atoms with Crippen LogP contribution >= 0.6 is 0 Å². The van der Waals surface area contributed by atoms with Gasteiger partial charge in [-0.05, 0) is 31.1 Å². The van der Waals surface area contributed by atoms with Gasteiger partial charge in [-0.2, -0.15) is 0 Å². The molecule has 2 nitrogen and oxygen atoms in total. The fourth-order valence-electron chi connectivity index (χ4n) is 2.39. The Hall–Kier alpha value is -0.0800. The number of rotatable bonds is 3. The van der Waals surface area contributed by atoms with Gasteiger partial charge in [-0.3, -0.25) is 0 Å². The van der Waals surface area contributed by atoms with Gasteiger partial charge < -0.3 is 9.64 Å². The minimum absolute atomic E-state index is 0.510. The fraction of sp³-hybridized carbons (Fsp3) is 1.00. The van der Waals surface area contributed by atoms with Gasteiger partial charge >= 0.3 is 0 Å². The average molecular weight is 183 g/mol. The minimum Gasteiger partial charge on any atom is -0.381 e. The quantitative estimate of drug-likeness (QED) is 0.661. The second-order valence-corrected chi connectivity index (χ2v) is 4.74. The van der Waals surface area contributed by atoms with Gasteiger partial charge in [0.15, 0.2) is 0 Å². The van der Waals surface area contributed by atoms with Crippen LogP contribution in [0.5, 0.6) is 0 Å². The van der Waals surface area contributed by atoms with E-state index in [1.54, 1.807) is 0 Å². The third-order valence-corrected chi connectivity index (χ3v) is 3.43. The maximum Gasteiger partial charge on any atom is 0.0621 e. The Morgan fingerprint density at radius 2 is 2.08 bits per heavy atom. The molecule has 0 aromatic carbocycles. The van der Waals surface area contributed by atoms with E-state index in [-0.39, 0.29) is 0 Å². The van der Waals surface area contributed by atoms with Crippen molar-refractivity contribution in [2.75, 3.05) is 26.7 Å². The highest BCUT2D eigenvalue weighted by Gasteiger charge is 2.30. The standard InChI is InChI=1S/C11H21NO/c1-9-7-12(8-10-3-4-10)6-5-11(9)13-2/h9-11H,3-8H2,1-2H3/t9?,11-/m0/s1. The highest BCUT2D eigenvalue weighted by molar-refractivity contribution is 4.83. The van der Waals surface area contributed by atoms with E-state index in [2.05, 4.69) is 11.8 Å². The van der Waals surface area contributed by atoms with Crippen molar-refractivity contribution in [2.45, 2.75) is 32.3 Å².